The van der Waals surface area contributed by atoms with Gasteiger partial charge in [-0.3, -0.25) is 0 Å². The normalized spacial score (nSPS) is 11.4. The fraction of sp³-hybridized carbons (Fsp3) is 0.214. The number of rotatable bonds is 7. The molecule has 0 unspecified atom stereocenters. The number of aryl methyl sites for hydroxylation is 1. The van der Waals surface area contributed by atoms with Gasteiger partial charge in [-0.25, -0.2) is 26.3 Å². The monoisotopic (exact) mass is 472 g/mol. The average Bonchev–Trinajstić information content (AvgIpc) is 2.80. The number of halogens is 6. The van der Waals surface area contributed by atoms with Crippen molar-refractivity contribution in [2.24, 2.45) is 0 Å². The molecule has 34 heavy (non-hydrogen) atoms. The summed E-state index contributed by atoms with van der Waals surface area (Å²) in [7, 11) is 0. The minimum atomic E-state index is -1.73. The molecule has 0 aliphatic heterocycles. The van der Waals surface area contributed by atoms with Crippen molar-refractivity contribution in [2.75, 3.05) is 0 Å². The first-order chi connectivity index (χ1) is 16.3. The smallest absolute Gasteiger partial charge is 0.194 e. The van der Waals surface area contributed by atoms with Crippen LogP contribution < -0.4 is 0 Å². The first-order valence-electron chi connectivity index (χ1n) is 11.2. The molecule has 0 amide bonds. The van der Waals surface area contributed by atoms with Gasteiger partial charge < -0.3 is 0 Å². The summed E-state index contributed by atoms with van der Waals surface area (Å²) in [5.41, 5.74) is -0.205. The molecule has 4 aromatic carbocycles. The van der Waals surface area contributed by atoms with Crippen LogP contribution in [0.4, 0.5) is 26.3 Å². The van der Waals surface area contributed by atoms with Crippen molar-refractivity contribution in [2.45, 2.75) is 39.0 Å². The summed E-state index contributed by atoms with van der Waals surface area (Å²) >= 11 is 0. The van der Waals surface area contributed by atoms with E-state index in [0.717, 1.165) is 43.4 Å². The van der Waals surface area contributed by atoms with E-state index in [-0.39, 0.29) is 11.1 Å². The molecule has 0 N–H and O–H groups in total. The number of hydrogen-bond acceptors (Lipinski definition) is 0. The van der Waals surface area contributed by atoms with Crippen molar-refractivity contribution in [1.82, 2.24) is 0 Å². The van der Waals surface area contributed by atoms with Crippen LogP contribution in [-0.2, 0) is 6.42 Å². The summed E-state index contributed by atoms with van der Waals surface area (Å²) in [6, 6.07) is 11.4. The zero-order chi connectivity index (χ0) is 24.4. The maximum absolute atomic E-state index is 15.3. The highest BCUT2D eigenvalue weighted by molar-refractivity contribution is 5.89. The van der Waals surface area contributed by atoms with Crippen LogP contribution in [0.5, 0.6) is 0 Å². The SMILES string of the molecule is CCCCCCc1ccc2c(F)c(-c3cc(F)c(-c4cc(F)c(F)c(F)c4)c(F)c3)ccc2c1. The quantitative estimate of drug-likeness (QED) is 0.143. The molecule has 0 fully saturated rings. The Morgan fingerprint density at radius 1 is 0.588 bits per heavy atom. The highest BCUT2D eigenvalue weighted by Gasteiger charge is 2.20. The lowest BCUT2D eigenvalue weighted by molar-refractivity contribution is 0.447. The molecule has 0 radical (unpaired) electrons. The van der Waals surface area contributed by atoms with E-state index in [0.29, 0.717) is 22.9 Å². The Labute approximate surface area is 193 Å². The minimum absolute atomic E-state index is 0.0102. The van der Waals surface area contributed by atoms with Crippen LogP contribution in [0.25, 0.3) is 33.0 Å². The second kappa shape index (κ2) is 9.92. The van der Waals surface area contributed by atoms with Gasteiger partial charge in [-0.1, -0.05) is 56.5 Å². The number of hydrogen-bond donors (Lipinski definition) is 0. The van der Waals surface area contributed by atoms with Crippen LogP contribution in [0.1, 0.15) is 38.2 Å². The first kappa shape index (κ1) is 23.9. The van der Waals surface area contributed by atoms with Gasteiger partial charge in [0.05, 0.1) is 5.56 Å². The highest BCUT2D eigenvalue weighted by atomic mass is 19.2. The Hall–Kier alpha value is -3.28. The topological polar surface area (TPSA) is 0 Å². The highest BCUT2D eigenvalue weighted by Crippen LogP contribution is 2.35. The molecule has 0 aliphatic rings. The zero-order valence-electron chi connectivity index (χ0n) is 18.5. The molecule has 0 heterocycles. The van der Waals surface area contributed by atoms with Crippen LogP contribution in [0.15, 0.2) is 54.6 Å². The molecule has 6 heteroatoms. The summed E-state index contributed by atoms with van der Waals surface area (Å²) in [4.78, 5) is 0. The lowest BCUT2D eigenvalue weighted by Crippen LogP contribution is -1.97. The predicted octanol–water partition coefficient (Wildman–Crippen LogP) is 9.13. The molecular formula is C28H22F6. The third kappa shape index (κ3) is 4.67. The van der Waals surface area contributed by atoms with Crippen molar-refractivity contribution >= 4 is 10.8 Å². The third-order valence-corrected chi connectivity index (χ3v) is 5.96. The Balaban J connectivity index is 1.69. The van der Waals surface area contributed by atoms with Crippen LogP contribution in [0.3, 0.4) is 0 Å². The molecule has 176 valence electrons. The summed E-state index contributed by atoms with van der Waals surface area (Å²) in [5.74, 6) is -7.79. The summed E-state index contributed by atoms with van der Waals surface area (Å²) in [6.07, 6.45) is 5.38. The molecular weight excluding hydrogens is 450 g/mol. The molecule has 0 aromatic heterocycles. The van der Waals surface area contributed by atoms with Crippen molar-refractivity contribution in [3.8, 4) is 22.3 Å². The van der Waals surface area contributed by atoms with Gasteiger partial charge in [0.2, 0.25) is 0 Å². The Morgan fingerprint density at radius 3 is 1.88 bits per heavy atom. The molecule has 0 saturated heterocycles. The Bertz CT molecular complexity index is 1310. The number of benzene rings is 4. The Kier molecular flexibility index (Phi) is 6.96. The van der Waals surface area contributed by atoms with Crippen LogP contribution >= 0.6 is 0 Å². The second-order valence-corrected chi connectivity index (χ2v) is 8.36. The third-order valence-electron chi connectivity index (χ3n) is 5.96. The van der Waals surface area contributed by atoms with Gasteiger partial charge in [0, 0.05) is 10.9 Å². The molecule has 0 bridgehead atoms. The lowest BCUT2D eigenvalue weighted by Gasteiger charge is -2.12. The van der Waals surface area contributed by atoms with E-state index in [4.69, 9.17) is 0 Å². The van der Waals surface area contributed by atoms with Gasteiger partial charge >= 0.3 is 0 Å². The fourth-order valence-corrected chi connectivity index (χ4v) is 4.18. The van der Waals surface area contributed by atoms with Gasteiger partial charge in [-0.05, 0) is 59.2 Å². The van der Waals surface area contributed by atoms with Gasteiger partial charge in [0.1, 0.15) is 17.5 Å². The summed E-state index contributed by atoms with van der Waals surface area (Å²) in [6.45, 7) is 2.14. The molecule has 4 rings (SSSR count). The molecule has 0 atom stereocenters. The fourth-order valence-electron chi connectivity index (χ4n) is 4.18. The van der Waals surface area contributed by atoms with Crippen LogP contribution in [0.2, 0.25) is 0 Å². The number of fused-ring (bicyclic) bond motifs is 1. The maximum Gasteiger partial charge on any atom is 0.194 e. The summed E-state index contributed by atoms with van der Waals surface area (Å²) in [5, 5.41) is 1.01. The largest absolute Gasteiger partial charge is 0.206 e. The van der Waals surface area contributed by atoms with Gasteiger partial charge in [-0.2, -0.15) is 0 Å². The van der Waals surface area contributed by atoms with Gasteiger partial charge in [0.15, 0.2) is 17.5 Å². The van der Waals surface area contributed by atoms with E-state index < -0.39 is 46.0 Å². The van der Waals surface area contributed by atoms with Crippen molar-refractivity contribution in [3.63, 3.8) is 0 Å². The molecule has 0 nitrogen and oxygen atoms in total. The molecule has 0 aliphatic carbocycles. The first-order valence-corrected chi connectivity index (χ1v) is 11.2. The van der Waals surface area contributed by atoms with Crippen molar-refractivity contribution in [1.29, 1.82) is 0 Å². The molecule has 0 saturated carbocycles. The standard InChI is InChI=1S/C28H22F6/c1-2-3-4-5-6-16-7-9-20-17(11-16)8-10-21(27(20)33)18-12-22(29)26(23(30)13-18)19-14-24(31)28(34)25(32)15-19/h7-15H,2-6H2,1H3. The van der Waals surface area contributed by atoms with E-state index in [9.17, 15) is 22.0 Å². The predicted molar refractivity (Wildman–Crippen MR) is 122 cm³/mol. The minimum Gasteiger partial charge on any atom is -0.206 e. The van der Waals surface area contributed by atoms with Crippen LogP contribution in [0, 0.1) is 34.9 Å². The number of unbranched alkanes of at least 4 members (excludes halogenated alkanes) is 3. The summed E-state index contributed by atoms with van der Waals surface area (Å²) < 4.78 is 85.3. The van der Waals surface area contributed by atoms with Gasteiger partial charge in [0.25, 0.3) is 0 Å². The molecule has 4 aromatic rings. The van der Waals surface area contributed by atoms with E-state index >= 15 is 4.39 Å². The van der Waals surface area contributed by atoms with Gasteiger partial charge in [-0.15, -0.1) is 0 Å². The van der Waals surface area contributed by atoms with Crippen molar-refractivity contribution < 1.29 is 26.3 Å². The Morgan fingerprint density at radius 2 is 1.24 bits per heavy atom. The van der Waals surface area contributed by atoms with Crippen LogP contribution in [-0.4, -0.2) is 0 Å². The second-order valence-electron chi connectivity index (χ2n) is 8.36. The van der Waals surface area contributed by atoms with Crippen molar-refractivity contribution in [3.05, 3.63) is 95.1 Å². The lowest BCUT2D eigenvalue weighted by atomic mass is 9.95. The molecule has 0 spiro atoms. The average molecular weight is 472 g/mol. The van der Waals surface area contributed by atoms with E-state index in [1.165, 1.54) is 12.5 Å². The van der Waals surface area contributed by atoms with E-state index in [1.807, 2.05) is 12.1 Å². The zero-order valence-corrected chi connectivity index (χ0v) is 18.5. The van der Waals surface area contributed by atoms with E-state index in [1.54, 1.807) is 12.1 Å². The van der Waals surface area contributed by atoms with E-state index in [2.05, 4.69) is 6.92 Å². The maximum atomic E-state index is 15.3.